The molecular formula is C13H16O3S2. The van der Waals surface area contributed by atoms with Crippen LogP contribution in [0.25, 0.3) is 0 Å². The van der Waals surface area contributed by atoms with Crippen LogP contribution < -0.4 is 0 Å². The topological polar surface area (TPSA) is 43.4 Å². The van der Waals surface area contributed by atoms with Gasteiger partial charge < -0.3 is 4.74 Å². The molecule has 18 heavy (non-hydrogen) atoms. The maximum absolute atomic E-state index is 11.8. The molecule has 0 aliphatic heterocycles. The second kappa shape index (κ2) is 8.21. The van der Waals surface area contributed by atoms with Gasteiger partial charge in [0.25, 0.3) is 0 Å². The zero-order chi connectivity index (χ0) is 13.4. The molecule has 0 fully saturated rings. The molecule has 0 aliphatic carbocycles. The molecule has 0 N–H and O–H groups in total. The van der Waals surface area contributed by atoms with Crippen LogP contribution in [0.3, 0.4) is 0 Å². The van der Waals surface area contributed by atoms with E-state index in [0.717, 1.165) is 10.5 Å². The average molecular weight is 284 g/mol. The molecule has 0 saturated carbocycles. The van der Waals surface area contributed by atoms with Crippen molar-refractivity contribution >= 4 is 35.3 Å². The van der Waals surface area contributed by atoms with Crippen molar-refractivity contribution in [3.63, 3.8) is 0 Å². The first-order valence-electron chi connectivity index (χ1n) is 5.49. The van der Waals surface area contributed by atoms with Crippen LogP contribution in [0, 0.1) is 0 Å². The molecule has 1 aromatic carbocycles. The summed E-state index contributed by atoms with van der Waals surface area (Å²) in [5.41, 5.74) is 0.721. The fourth-order valence-corrected chi connectivity index (χ4v) is 2.50. The van der Waals surface area contributed by atoms with Gasteiger partial charge in [-0.2, -0.15) is 11.8 Å². The maximum atomic E-state index is 11.8. The van der Waals surface area contributed by atoms with E-state index in [9.17, 15) is 9.59 Å². The zero-order valence-electron chi connectivity index (χ0n) is 10.5. The summed E-state index contributed by atoms with van der Waals surface area (Å²) in [5, 5.41) is 0. The lowest BCUT2D eigenvalue weighted by Gasteiger charge is -2.02. The molecule has 0 heterocycles. The summed E-state index contributed by atoms with van der Waals surface area (Å²) < 4.78 is 4.53. The molecule has 3 nitrogen and oxygen atoms in total. The Morgan fingerprint density at radius 1 is 1.22 bits per heavy atom. The van der Waals surface area contributed by atoms with Gasteiger partial charge in [0.05, 0.1) is 19.3 Å². The molecule has 5 heteroatoms. The van der Waals surface area contributed by atoms with Gasteiger partial charge in [-0.05, 0) is 18.4 Å². The summed E-state index contributed by atoms with van der Waals surface area (Å²) in [7, 11) is 1.37. The molecule has 0 radical (unpaired) electrons. The number of carbonyl (C=O) groups is 2. The van der Waals surface area contributed by atoms with E-state index in [2.05, 4.69) is 4.74 Å². The van der Waals surface area contributed by atoms with Gasteiger partial charge in [0.1, 0.15) is 0 Å². The Morgan fingerprint density at radius 3 is 2.44 bits per heavy atom. The second-order valence-corrected chi connectivity index (χ2v) is 5.52. The van der Waals surface area contributed by atoms with Crippen LogP contribution >= 0.6 is 23.5 Å². The Kier molecular flexibility index (Phi) is 6.90. The van der Waals surface area contributed by atoms with Gasteiger partial charge in [-0.25, -0.2) is 0 Å². The number of ether oxygens (including phenoxy) is 1. The highest BCUT2D eigenvalue weighted by Gasteiger charge is 2.07. The van der Waals surface area contributed by atoms with Crippen molar-refractivity contribution in [3.05, 3.63) is 29.8 Å². The van der Waals surface area contributed by atoms with E-state index in [-0.39, 0.29) is 11.8 Å². The Balaban J connectivity index is 2.33. The van der Waals surface area contributed by atoms with Crippen LogP contribution in [0.5, 0.6) is 0 Å². The molecule has 1 aromatic rings. The molecule has 98 valence electrons. The van der Waals surface area contributed by atoms with Gasteiger partial charge in [-0.1, -0.05) is 12.1 Å². The van der Waals surface area contributed by atoms with Crippen molar-refractivity contribution in [2.75, 3.05) is 24.9 Å². The third-order valence-corrected chi connectivity index (χ3v) is 4.03. The number of carbonyl (C=O) groups excluding carboxylic acids is 2. The lowest BCUT2D eigenvalue weighted by Crippen LogP contribution is -2.05. The molecule has 0 aromatic heterocycles. The highest BCUT2D eigenvalue weighted by Crippen LogP contribution is 2.16. The predicted molar refractivity (Wildman–Crippen MR) is 76.5 cm³/mol. The Labute approximate surface area is 116 Å². The first kappa shape index (κ1) is 15.1. The van der Waals surface area contributed by atoms with Gasteiger partial charge in [-0.15, -0.1) is 11.8 Å². The monoisotopic (exact) mass is 284 g/mol. The van der Waals surface area contributed by atoms with E-state index in [0.29, 0.717) is 17.9 Å². The van der Waals surface area contributed by atoms with E-state index in [4.69, 9.17) is 0 Å². The number of benzene rings is 1. The van der Waals surface area contributed by atoms with Crippen LogP contribution in [0.15, 0.2) is 29.2 Å². The summed E-state index contributed by atoms with van der Waals surface area (Å²) >= 11 is 3.10. The number of hydrogen-bond acceptors (Lipinski definition) is 5. The predicted octanol–water partition coefficient (Wildman–Crippen LogP) is 2.89. The average Bonchev–Trinajstić information content (AvgIpc) is 2.43. The van der Waals surface area contributed by atoms with Crippen LogP contribution in [0.4, 0.5) is 0 Å². The number of ketones is 1. The van der Waals surface area contributed by atoms with Gasteiger partial charge in [0.2, 0.25) is 0 Å². The van der Waals surface area contributed by atoms with Crippen molar-refractivity contribution in [1.82, 2.24) is 0 Å². The van der Waals surface area contributed by atoms with Crippen molar-refractivity contribution in [2.24, 2.45) is 0 Å². The third kappa shape index (κ3) is 5.14. The Hall–Kier alpha value is -0.940. The molecular weight excluding hydrogens is 268 g/mol. The van der Waals surface area contributed by atoms with E-state index in [1.807, 2.05) is 30.5 Å². The van der Waals surface area contributed by atoms with Crippen molar-refractivity contribution in [2.45, 2.75) is 11.3 Å². The molecule has 0 saturated heterocycles. The second-order valence-electron chi connectivity index (χ2n) is 3.53. The minimum atomic E-state index is -0.237. The molecule has 0 bridgehead atoms. The van der Waals surface area contributed by atoms with E-state index < -0.39 is 0 Å². The number of rotatable bonds is 7. The van der Waals surface area contributed by atoms with Gasteiger partial charge in [0, 0.05) is 16.2 Å². The minimum Gasteiger partial charge on any atom is -0.469 e. The van der Waals surface area contributed by atoms with E-state index in [1.54, 1.807) is 11.8 Å². The van der Waals surface area contributed by atoms with Gasteiger partial charge in [-0.3, -0.25) is 9.59 Å². The summed E-state index contributed by atoms with van der Waals surface area (Å²) in [6.07, 6.45) is 2.35. The third-order valence-electron chi connectivity index (χ3n) is 2.32. The Bertz CT molecular complexity index is 401. The molecule has 0 unspecified atom stereocenters. The van der Waals surface area contributed by atoms with E-state index >= 15 is 0 Å². The van der Waals surface area contributed by atoms with Crippen LogP contribution in [-0.4, -0.2) is 36.6 Å². The number of esters is 1. The number of hydrogen-bond donors (Lipinski definition) is 0. The quantitative estimate of drug-likeness (QED) is 0.333. The van der Waals surface area contributed by atoms with Gasteiger partial charge >= 0.3 is 5.97 Å². The zero-order valence-corrected chi connectivity index (χ0v) is 12.1. The highest BCUT2D eigenvalue weighted by atomic mass is 32.2. The Morgan fingerprint density at radius 2 is 1.89 bits per heavy atom. The highest BCUT2D eigenvalue weighted by molar-refractivity contribution is 8.00. The molecule has 0 atom stereocenters. The molecule has 1 rings (SSSR count). The summed E-state index contributed by atoms with van der Waals surface area (Å²) in [5.74, 6) is 0.869. The van der Waals surface area contributed by atoms with E-state index in [1.165, 1.54) is 18.9 Å². The first-order chi connectivity index (χ1) is 8.67. The van der Waals surface area contributed by atoms with Gasteiger partial charge in [0.15, 0.2) is 5.78 Å². The fraction of sp³-hybridized carbons (Fsp3) is 0.385. The van der Waals surface area contributed by atoms with Crippen LogP contribution in [0.2, 0.25) is 0 Å². The van der Waals surface area contributed by atoms with Crippen molar-refractivity contribution < 1.29 is 14.3 Å². The first-order valence-corrected chi connectivity index (χ1v) is 7.87. The molecule has 0 amide bonds. The lowest BCUT2D eigenvalue weighted by atomic mass is 10.1. The summed E-state index contributed by atoms with van der Waals surface area (Å²) in [6, 6.07) is 7.57. The van der Waals surface area contributed by atoms with Crippen molar-refractivity contribution in [1.29, 1.82) is 0 Å². The molecule has 0 aliphatic rings. The maximum Gasteiger partial charge on any atom is 0.306 e. The van der Waals surface area contributed by atoms with Crippen LogP contribution in [0.1, 0.15) is 16.8 Å². The SMILES string of the molecule is COC(=O)CCSCC(=O)c1ccc(SC)cc1. The lowest BCUT2D eigenvalue weighted by molar-refractivity contribution is -0.140. The number of methoxy groups -OCH3 is 1. The van der Waals surface area contributed by atoms with Crippen molar-refractivity contribution in [3.8, 4) is 0 Å². The smallest absolute Gasteiger partial charge is 0.306 e. The molecule has 0 spiro atoms. The standard InChI is InChI=1S/C13H16O3S2/c1-16-13(15)7-8-18-9-12(14)10-3-5-11(17-2)6-4-10/h3-6H,7-9H2,1-2H3. The number of Topliss-reactive ketones (excluding diaryl/α,β-unsaturated/α-hetero) is 1. The normalized spacial score (nSPS) is 10.1. The largest absolute Gasteiger partial charge is 0.469 e. The minimum absolute atomic E-state index is 0.0949. The fourth-order valence-electron chi connectivity index (χ4n) is 1.28. The van der Waals surface area contributed by atoms with Crippen LogP contribution in [-0.2, 0) is 9.53 Å². The summed E-state index contributed by atoms with van der Waals surface area (Å²) in [6.45, 7) is 0. The number of thioether (sulfide) groups is 2. The summed E-state index contributed by atoms with van der Waals surface area (Å²) in [4.78, 5) is 23.8.